The van der Waals surface area contributed by atoms with Crippen molar-refractivity contribution in [3.63, 3.8) is 0 Å². The van der Waals surface area contributed by atoms with E-state index in [0.717, 1.165) is 24.1 Å². The number of ether oxygens (including phenoxy) is 1. The lowest BCUT2D eigenvalue weighted by molar-refractivity contribution is 0.202. The Labute approximate surface area is 119 Å². The van der Waals surface area contributed by atoms with Crippen LogP contribution in [0.1, 0.15) is 41.8 Å². The molecule has 4 nitrogen and oxygen atoms in total. The van der Waals surface area contributed by atoms with Crippen LogP contribution in [0.2, 0.25) is 0 Å². The van der Waals surface area contributed by atoms with Crippen molar-refractivity contribution in [3.8, 4) is 5.75 Å². The molecular formula is C16H20N2O2. The minimum absolute atomic E-state index is 0.639. The molecule has 106 valence electrons. The van der Waals surface area contributed by atoms with Crippen molar-refractivity contribution in [2.75, 3.05) is 7.11 Å². The summed E-state index contributed by atoms with van der Waals surface area (Å²) < 4.78 is 7.11. The van der Waals surface area contributed by atoms with Crippen molar-refractivity contribution < 1.29 is 9.84 Å². The van der Waals surface area contributed by atoms with Gasteiger partial charge >= 0.3 is 0 Å². The van der Waals surface area contributed by atoms with E-state index in [2.05, 4.69) is 17.2 Å². The molecule has 0 amide bonds. The minimum atomic E-state index is -0.696. The van der Waals surface area contributed by atoms with Gasteiger partial charge in [-0.1, -0.05) is 18.2 Å². The van der Waals surface area contributed by atoms with Crippen molar-refractivity contribution in [2.45, 2.75) is 38.8 Å². The van der Waals surface area contributed by atoms with E-state index >= 15 is 0 Å². The van der Waals surface area contributed by atoms with Crippen LogP contribution in [0.25, 0.3) is 0 Å². The molecule has 0 radical (unpaired) electrons. The molecule has 0 bridgehead atoms. The van der Waals surface area contributed by atoms with Crippen molar-refractivity contribution in [2.24, 2.45) is 0 Å². The first kappa shape index (κ1) is 13.2. The van der Waals surface area contributed by atoms with Crippen molar-refractivity contribution in [3.05, 3.63) is 46.8 Å². The van der Waals surface area contributed by atoms with Crippen LogP contribution in [0, 0.1) is 0 Å². The highest BCUT2D eigenvalue weighted by molar-refractivity contribution is 5.40. The van der Waals surface area contributed by atoms with E-state index in [1.807, 2.05) is 13.0 Å². The predicted molar refractivity (Wildman–Crippen MR) is 77.0 cm³/mol. The van der Waals surface area contributed by atoms with E-state index < -0.39 is 6.10 Å². The van der Waals surface area contributed by atoms with Crippen LogP contribution >= 0.6 is 0 Å². The van der Waals surface area contributed by atoms with Gasteiger partial charge in [0.25, 0.3) is 0 Å². The Hall–Kier alpha value is -1.81. The average molecular weight is 272 g/mol. The summed E-state index contributed by atoms with van der Waals surface area (Å²) in [5.74, 6) is 0.639. The van der Waals surface area contributed by atoms with E-state index in [1.54, 1.807) is 18.0 Å². The van der Waals surface area contributed by atoms with Crippen molar-refractivity contribution in [1.29, 1.82) is 0 Å². The highest BCUT2D eigenvalue weighted by Crippen LogP contribution is 2.32. The lowest BCUT2D eigenvalue weighted by Crippen LogP contribution is -2.10. The largest absolute Gasteiger partial charge is 0.493 e. The second kappa shape index (κ2) is 5.29. The van der Waals surface area contributed by atoms with E-state index in [9.17, 15) is 5.11 Å². The molecule has 1 aromatic carbocycles. The molecule has 1 aliphatic rings. The Kier molecular flexibility index (Phi) is 3.49. The maximum Gasteiger partial charge on any atom is 0.163 e. The monoisotopic (exact) mass is 272 g/mol. The number of aliphatic hydroxyl groups is 1. The molecule has 1 unspecified atom stereocenters. The Bertz CT molecular complexity index is 597. The summed E-state index contributed by atoms with van der Waals surface area (Å²) in [6, 6.07) is 6.28. The highest BCUT2D eigenvalue weighted by atomic mass is 16.5. The summed E-state index contributed by atoms with van der Waals surface area (Å²) in [4.78, 5) is 0. The number of hydrogen-bond acceptors (Lipinski definition) is 3. The number of hydrogen-bond donors (Lipinski definition) is 1. The Morgan fingerprint density at radius 2 is 2.15 bits per heavy atom. The first-order valence-corrected chi connectivity index (χ1v) is 7.14. The third kappa shape index (κ3) is 2.10. The Morgan fingerprint density at radius 1 is 1.35 bits per heavy atom. The second-order valence-corrected chi connectivity index (χ2v) is 5.20. The van der Waals surface area contributed by atoms with Crippen LogP contribution in [0.15, 0.2) is 24.4 Å². The summed E-state index contributed by atoms with van der Waals surface area (Å²) in [7, 11) is 1.61. The molecule has 1 aromatic heterocycles. The molecule has 1 atom stereocenters. The predicted octanol–water partition coefficient (Wildman–Crippen LogP) is 2.48. The van der Waals surface area contributed by atoms with Gasteiger partial charge < -0.3 is 9.84 Å². The first-order chi connectivity index (χ1) is 9.74. The first-order valence-electron chi connectivity index (χ1n) is 7.14. The third-order valence-electron chi connectivity index (χ3n) is 4.06. The fraction of sp³-hybridized carbons (Fsp3) is 0.438. The van der Waals surface area contributed by atoms with Crippen molar-refractivity contribution >= 4 is 0 Å². The summed E-state index contributed by atoms with van der Waals surface area (Å²) >= 11 is 0. The van der Waals surface area contributed by atoms with Gasteiger partial charge in [0.1, 0.15) is 11.8 Å². The van der Waals surface area contributed by atoms with E-state index in [0.29, 0.717) is 12.3 Å². The van der Waals surface area contributed by atoms with Gasteiger partial charge in [0.2, 0.25) is 0 Å². The molecule has 0 saturated heterocycles. The van der Waals surface area contributed by atoms with Crippen LogP contribution in [-0.2, 0) is 19.4 Å². The smallest absolute Gasteiger partial charge is 0.163 e. The van der Waals surface area contributed by atoms with Crippen LogP contribution < -0.4 is 4.74 Å². The normalized spacial score (nSPS) is 15.2. The van der Waals surface area contributed by atoms with Gasteiger partial charge in [-0.25, -0.2) is 0 Å². The number of fused-ring (bicyclic) bond motifs is 1. The fourth-order valence-corrected chi connectivity index (χ4v) is 2.98. The Balaban J connectivity index is 2.00. The molecule has 0 spiro atoms. The fourth-order valence-electron chi connectivity index (χ4n) is 2.98. The summed E-state index contributed by atoms with van der Waals surface area (Å²) in [6.07, 6.45) is 4.45. The highest BCUT2D eigenvalue weighted by Gasteiger charge is 2.22. The molecule has 0 saturated carbocycles. The SMILES string of the molecule is CCn1ncc(OC)c1C(O)c1ccc2c(c1)CCC2. The quantitative estimate of drug-likeness (QED) is 0.930. The maximum absolute atomic E-state index is 10.7. The molecule has 2 aromatic rings. The van der Waals surface area contributed by atoms with Gasteiger partial charge in [0, 0.05) is 6.54 Å². The maximum atomic E-state index is 10.7. The minimum Gasteiger partial charge on any atom is -0.493 e. The zero-order valence-electron chi connectivity index (χ0n) is 12.0. The Morgan fingerprint density at radius 3 is 2.90 bits per heavy atom. The number of methoxy groups -OCH3 is 1. The lowest BCUT2D eigenvalue weighted by Gasteiger charge is -2.15. The van der Waals surface area contributed by atoms with Crippen LogP contribution in [0.5, 0.6) is 5.75 Å². The average Bonchev–Trinajstić information content (AvgIpc) is 3.11. The molecule has 20 heavy (non-hydrogen) atoms. The van der Waals surface area contributed by atoms with Gasteiger partial charge in [-0.05, 0) is 42.9 Å². The molecule has 3 rings (SSSR count). The van der Waals surface area contributed by atoms with Gasteiger partial charge in [-0.15, -0.1) is 0 Å². The van der Waals surface area contributed by atoms with Gasteiger partial charge in [-0.2, -0.15) is 5.10 Å². The number of rotatable bonds is 4. The zero-order chi connectivity index (χ0) is 14.1. The second-order valence-electron chi connectivity index (χ2n) is 5.20. The van der Waals surface area contributed by atoms with Crippen LogP contribution in [0.4, 0.5) is 0 Å². The van der Waals surface area contributed by atoms with Gasteiger partial charge in [0.05, 0.1) is 13.3 Å². The van der Waals surface area contributed by atoms with E-state index in [4.69, 9.17) is 4.74 Å². The van der Waals surface area contributed by atoms with Crippen molar-refractivity contribution in [1.82, 2.24) is 9.78 Å². The topological polar surface area (TPSA) is 47.3 Å². The zero-order valence-corrected chi connectivity index (χ0v) is 12.0. The lowest BCUT2D eigenvalue weighted by atomic mass is 10.0. The number of benzene rings is 1. The summed E-state index contributed by atoms with van der Waals surface area (Å²) in [6.45, 7) is 2.71. The molecule has 4 heteroatoms. The molecule has 1 N–H and O–H groups in total. The number of nitrogens with zero attached hydrogens (tertiary/aromatic N) is 2. The van der Waals surface area contributed by atoms with Crippen LogP contribution in [-0.4, -0.2) is 22.0 Å². The molecule has 0 fully saturated rings. The van der Waals surface area contributed by atoms with Gasteiger partial charge in [0.15, 0.2) is 5.75 Å². The van der Waals surface area contributed by atoms with E-state index in [-0.39, 0.29) is 0 Å². The summed E-state index contributed by atoms with van der Waals surface area (Å²) in [5.41, 5.74) is 4.42. The summed E-state index contributed by atoms with van der Waals surface area (Å²) in [5, 5.41) is 15.0. The van der Waals surface area contributed by atoms with Gasteiger partial charge in [-0.3, -0.25) is 4.68 Å². The van der Waals surface area contributed by atoms with Crippen LogP contribution in [0.3, 0.4) is 0 Å². The molecular weight excluding hydrogens is 252 g/mol. The molecule has 1 aliphatic carbocycles. The number of aryl methyl sites for hydroxylation is 3. The standard InChI is InChI=1S/C16H20N2O2/c1-3-18-15(14(20-2)10-17-18)16(19)13-8-7-11-5-4-6-12(11)9-13/h7-10,16,19H,3-6H2,1-2H3. The third-order valence-corrected chi connectivity index (χ3v) is 4.06. The number of aromatic nitrogens is 2. The molecule has 1 heterocycles. The number of aliphatic hydroxyl groups excluding tert-OH is 1. The molecule has 0 aliphatic heterocycles. The van der Waals surface area contributed by atoms with E-state index in [1.165, 1.54) is 17.5 Å².